The van der Waals surface area contributed by atoms with Crippen LogP contribution in [0.5, 0.6) is 0 Å². The molecule has 0 bridgehead atoms. The first-order valence-corrected chi connectivity index (χ1v) is 13.4. The molecule has 0 aliphatic carbocycles. The van der Waals surface area contributed by atoms with Crippen molar-refractivity contribution in [3.8, 4) is 0 Å². The molecule has 0 spiro atoms. The Kier molecular flexibility index (Phi) is 6.60. The van der Waals surface area contributed by atoms with Gasteiger partial charge in [0.25, 0.3) is 35.0 Å². The van der Waals surface area contributed by atoms with Crippen LogP contribution in [0.25, 0.3) is 21.5 Å². The number of carbonyl (C=O) groups excluding carboxylic acids is 4. The number of carboxylic acids is 1. The number of hydrogen-bond acceptors (Lipinski definition) is 9. The smallest absolute Gasteiger partial charge is 0.326 e. The Hall–Kier alpha value is -6.05. The number of hydrogen-bond donors (Lipinski definition) is 1. The first-order chi connectivity index (χ1) is 21.0. The van der Waals surface area contributed by atoms with Crippen molar-refractivity contribution in [2.75, 3.05) is 6.54 Å². The molecule has 0 radical (unpaired) electrons. The Balaban J connectivity index is 1.22. The van der Waals surface area contributed by atoms with Crippen molar-refractivity contribution >= 4 is 62.5 Å². The number of benzene rings is 4. The zero-order valence-corrected chi connectivity index (χ0v) is 22.6. The molecule has 0 unspecified atom stereocenters. The van der Waals surface area contributed by atoms with Crippen molar-refractivity contribution in [3.63, 3.8) is 0 Å². The van der Waals surface area contributed by atoms with Crippen LogP contribution in [0, 0.1) is 20.2 Å². The highest BCUT2D eigenvalue weighted by atomic mass is 16.6. The van der Waals surface area contributed by atoms with E-state index in [-0.39, 0.29) is 59.1 Å². The standard InChI is InChI=1S/C30H20N4O10/c35-26-19-7-3-5-15-11-17(33(41)42)13-21(24(15)19)27(36)31(26)10-2-1-9-23(30(39)40)32-28(37)20-8-4-6-16-12-18(34(43)44)14-22(25(16)20)29(32)38/h3-8,11-14,23H,1-2,9-10H2,(H,39,40)/t23-/m0/s1. The summed E-state index contributed by atoms with van der Waals surface area (Å²) in [4.78, 5) is 88.8. The van der Waals surface area contributed by atoms with Crippen molar-refractivity contribution in [1.29, 1.82) is 0 Å². The first-order valence-electron chi connectivity index (χ1n) is 13.4. The lowest BCUT2D eigenvalue weighted by molar-refractivity contribution is -0.384. The monoisotopic (exact) mass is 596 g/mol. The fraction of sp³-hybridized carbons (Fsp3) is 0.167. The molecule has 220 valence electrons. The highest BCUT2D eigenvalue weighted by molar-refractivity contribution is 6.27. The van der Waals surface area contributed by atoms with Gasteiger partial charge in [-0.3, -0.25) is 49.2 Å². The van der Waals surface area contributed by atoms with Gasteiger partial charge < -0.3 is 5.11 Å². The number of nitrogens with zero attached hydrogens (tertiary/aromatic N) is 4. The second-order valence-electron chi connectivity index (χ2n) is 10.4. The predicted molar refractivity (Wildman–Crippen MR) is 152 cm³/mol. The lowest BCUT2D eigenvalue weighted by Gasteiger charge is -2.32. The molecule has 1 atom stereocenters. The van der Waals surface area contributed by atoms with E-state index in [4.69, 9.17) is 0 Å². The van der Waals surface area contributed by atoms with Gasteiger partial charge in [-0.1, -0.05) is 24.3 Å². The zero-order chi connectivity index (χ0) is 31.4. The van der Waals surface area contributed by atoms with Gasteiger partial charge in [-0.15, -0.1) is 0 Å². The van der Waals surface area contributed by atoms with Crippen molar-refractivity contribution in [2.45, 2.75) is 25.3 Å². The number of amides is 4. The zero-order valence-electron chi connectivity index (χ0n) is 22.6. The fourth-order valence-corrected chi connectivity index (χ4v) is 5.92. The third-order valence-corrected chi connectivity index (χ3v) is 7.90. The Bertz CT molecular complexity index is 2020. The summed E-state index contributed by atoms with van der Waals surface area (Å²) >= 11 is 0. The van der Waals surface area contributed by atoms with Crippen molar-refractivity contribution in [2.24, 2.45) is 0 Å². The number of non-ortho nitro benzene ring substituents is 2. The summed E-state index contributed by atoms with van der Waals surface area (Å²) in [5.41, 5.74) is -0.638. The number of carbonyl (C=O) groups is 5. The molecule has 4 amide bonds. The average molecular weight is 597 g/mol. The lowest BCUT2D eigenvalue weighted by atomic mass is 9.91. The van der Waals surface area contributed by atoms with Crippen molar-refractivity contribution in [1.82, 2.24) is 9.80 Å². The Morgan fingerprint density at radius 1 is 0.705 bits per heavy atom. The molecule has 4 aromatic rings. The molecule has 0 saturated carbocycles. The molecule has 14 nitrogen and oxygen atoms in total. The van der Waals surface area contributed by atoms with Crippen LogP contribution in [0.15, 0.2) is 60.7 Å². The van der Waals surface area contributed by atoms with E-state index in [1.165, 1.54) is 36.4 Å². The molecule has 2 aliphatic rings. The predicted octanol–water partition coefficient (Wildman–Crippen LogP) is 4.33. The highest BCUT2D eigenvalue weighted by Crippen LogP contribution is 2.36. The minimum absolute atomic E-state index is 0.000688. The molecule has 6 rings (SSSR count). The van der Waals surface area contributed by atoms with Gasteiger partial charge in [0, 0.05) is 52.7 Å². The maximum Gasteiger partial charge on any atom is 0.326 e. The summed E-state index contributed by atoms with van der Waals surface area (Å²) in [6, 6.07) is 12.0. The Morgan fingerprint density at radius 2 is 1.18 bits per heavy atom. The number of imide groups is 2. The molecule has 2 heterocycles. The molecule has 0 aromatic heterocycles. The third-order valence-electron chi connectivity index (χ3n) is 7.90. The van der Waals surface area contributed by atoms with Crippen molar-refractivity contribution < 1.29 is 38.9 Å². The summed E-state index contributed by atoms with van der Waals surface area (Å²) in [6.07, 6.45) is -0.0840. The summed E-state index contributed by atoms with van der Waals surface area (Å²) in [5.74, 6) is -4.66. The molecule has 1 N–H and O–H groups in total. The minimum atomic E-state index is -1.64. The van der Waals surface area contributed by atoms with E-state index in [2.05, 4.69) is 0 Å². The number of nitro benzene ring substituents is 2. The van der Waals surface area contributed by atoms with Gasteiger partial charge >= 0.3 is 5.97 Å². The number of nitro groups is 2. The topological polar surface area (TPSA) is 198 Å². The molecule has 44 heavy (non-hydrogen) atoms. The quantitative estimate of drug-likeness (QED) is 0.126. The van der Waals surface area contributed by atoms with Crippen LogP contribution in [-0.2, 0) is 4.79 Å². The molecular weight excluding hydrogens is 576 g/mol. The molecule has 14 heteroatoms. The van der Waals surface area contributed by atoms with Crippen LogP contribution in [0.2, 0.25) is 0 Å². The van der Waals surface area contributed by atoms with E-state index in [1.807, 2.05) is 0 Å². The van der Waals surface area contributed by atoms with E-state index >= 15 is 0 Å². The highest BCUT2D eigenvalue weighted by Gasteiger charge is 2.41. The summed E-state index contributed by atoms with van der Waals surface area (Å²) in [5, 5.41) is 34.1. The van der Waals surface area contributed by atoms with E-state index in [0.717, 1.165) is 17.0 Å². The van der Waals surface area contributed by atoms with Gasteiger partial charge in [0.1, 0.15) is 6.04 Å². The summed E-state index contributed by atoms with van der Waals surface area (Å²) < 4.78 is 0. The minimum Gasteiger partial charge on any atom is -0.480 e. The first kappa shape index (κ1) is 28.1. The molecular formula is C30H20N4O10. The fourth-order valence-electron chi connectivity index (χ4n) is 5.92. The average Bonchev–Trinajstić information content (AvgIpc) is 3.00. The Labute approximate surface area is 246 Å². The van der Waals surface area contributed by atoms with Gasteiger partial charge in [-0.2, -0.15) is 0 Å². The van der Waals surface area contributed by atoms with Crippen LogP contribution in [0.3, 0.4) is 0 Å². The summed E-state index contributed by atoms with van der Waals surface area (Å²) in [6.45, 7) is -0.154. The van der Waals surface area contributed by atoms with Gasteiger partial charge in [0.15, 0.2) is 0 Å². The molecule has 2 aliphatic heterocycles. The van der Waals surface area contributed by atoms with E-state index < -0.39 is 51.2 Å². The third kappa shape index (κ3) is 4.31. The maximum absolute atomic E-state index is 13.5. The van der Waals surface area contributed by atoms with Crippen LogP contribution in [-0.4, -0.2) is 66.9 Å². The SMILES string of the molecule is O=C(O)[C@H](CCCCN1C(=O)c2cccc3cc([N+](=O)[O-])cc(c23)C1=O)N1C(=O)c2cccc3cc([N+](=O)[O-])cc(c23)C1=O. The van der Waals surface area contributed by atoms with Crippen LogP contribution < -0.4 is 0 Å². The van der Waals surface area contributed by atoms with E-state index in [1.54, 1.807) is 12.1 Å². The van der Waals surface area contributed by atoms with E-state index in [0.29, 0.717) is 21.1 Å². The van der Waals surface area contributed by atoms with Crippen LogP contribution in [0.4, 0.5) is 11.4 Å². The number of aliphatic carboxylic acids is 1. The maximum atomic E-state index is 13.5. The summed E-state index contributed by atoms with van der Waals surface area (Å²) in [7, 11) is 0. The van der Waals surface area contributed by atoms with Crippen molar-refractivity contribution in [3.05, 3.63) is 103 Å². The van der Waals surface area contributed by atoms with E-state index in [9.17, 15) is 49.3 Å². The van der Waals surface area contributed by atoms with Crippen LogP contribution in [0.1, 0.15) is 60.7 Å². The normalized spacial score (nSPS) is 14.8. The number of rotatable bonds is 9. The van der Waals surface area contributed by atoms with Gasteiger partial charge in [-0.05, 0) is 42.2 Å². The number of unbranched alkanes of at least 4 members (excludes halogenated alkanes) is 1. The second kappa shape index (κ2) is 10.3. The molecule has 0 fully saturated rings. The van der Waals surface area contributed by atoms with Gasteiger partial charge in [0.2, 0.25) is 0 Å². The lowest BCUT2D eigenvalue weighted by Crippen LogP contribution is -2.50. The second-order valence-corrected chi connectivity index (χ2v) is 10.4. The molecule has 4 aromatic carbocycles. The van der Waals surface area contributed by atoms with Gasteiger partial charge in [-0.25, -0.2) is 4.79 Å². The van der Waals surface area contributed by atoms with Crippen LogP contribution >= 0.6 is 0 Å². The molecule has 0 saturated heterocycles. The number of carboxylic acid groups (broad SMARTS) is 1. The largest absolute Gasteiger partial charge is 0.480 e. The Morgan fingerprint density at radius 3 is 1.70 bits per heavy atom. The van der Waals surface area contributed by atoms with Gasteiger partial charge in [0.05, 0.1) is 21.0 Å².